The van der Waals surface area contributed by atoms with Crippen molar-refractivity contribution in [3.05, 3.63) is 179 Å². The zero-order chi connectivity index (χ0) is 25.5. The van der Waals surface area contributed by atoms with E-state index in [4.69, 9.17) is 11.6 Å². The monoisotopic (exact) mass is 504 g/mol. The highest BCUT2D eigenvalue weighted by Crippen LogP contribution is 2.59. The first-order valence-corrected chi connectivity index (χ1v) is 13.4. The van der Waals surface area contributed by atoms with Gasteiger partial charge in [0.2, 0.25) is 0 Å². The van der Waals surface area contributed by atoms with Crippen LogP contribution in [0, 0.1) is 0 Å². The molecule has 0 fully saturated rings. The molecule has 6 aromatic carbocycles. The predicted molar refractivity (Wildman–Crippen MR) is 160 cm³/mol. The summed E-state index contributed by atoms with van der Waals surface area (Å²) >= 11 is 6.51. The van der Waals surface area contributed by atoms with Crippen LogP contribution in [0.1, 0.15) is 22.3 Å². The Bertz CT molecular complexity index is 1770. The van der Waals surface area contributed by atoms with Crippen molar-refractivity contribution in [2.75, 3.05) is 0 Å². The molecule has 0 saturated heterocycles. The van der Waals surface area contributed by atoms with Crippen LogP contribution in [-0.2, 0) is 5.41 Å². The molecule has 0 bridgehead atoms. The Morgan fingerprint density at radius 1 is 0.395 bits per heavy atom. The summed E-state index contributed by atoms with van der Waals surface area (Å²) in [7, 11) is 0. The van der Waals surface area contributed by atoms with Crippen LogP contribution in [-0.4, -0.2) is 0 Å². The van der Waals surface area contributed by atoms with Crippen LogP contribution in [0.3, 0.4) is 0 Å². The first kappa shape index (κ1) is 22.8. The number of fused-ring (bicyclic) bond motifs is 3. The molecule has 0 nitrogen and oxygen atoms in total. The lowest BCUT2D eigenvalue weighted by atomic mass is 9.66. The fourth-order valence-corrected chi connectivity index (χ4v) is 6.54. The first-order chi connectivity index (χ1) is 18.8. The van der Waals surface area contributed by atoms with Gasteiger partial charge in [0.05, 0.1) is 5.41 Å². The lowest BCUT2D eigenvalue weighted by molar-refractivity contribution is 0.770. The smallest absolute Gasteiger partial charge is 0.0719 e. The molecule has 1 aliphatic carbocycles. The highest BCUT2D eigenvalue weighted by Gasteiger charge is 2.47. The van der Waals surface area contributed by atoms with E-state index in [1.54, 1.807) is 0 Å². The minimum atomic E-state index is -0.489. The van der Waals surface area contributed by atoms with Crippen LogP contribution in [0.4, 0.5) is 0 Å². The van der Waals surface area contributed by atoms with E-state index in [0.717, 1.165) is 10.6 Å². The standard InChI is InChI=1S/C37H25Cl/c38-29-18-11-15-27(25-29)30-19-7-9-22-33(30)37(28-16-5-2-6-17-28)34-23-10-8-20-32(34)36-31(21-12-24-35(36)37)26-13-3-1-4-14-26/h1-25H. The Balaban J connectivity index is 1.65. The van der Waals surface area contributed by atoms with Crippen molar-refractivity contribution in [3.63, 3.8) is 0 Å². The molecule has 0 N–H and O–H groups in total. The molecular weight excluding hydrogens is 480 g/mol. The molecule has 1 unspecified atom stereocenters. The second kappa shape index (κ2) is 9.17. The SMILES string of the molecule is Clc1cccc(-c2ccccc2C2(c3ccccc3)c3ccccc3-c3c(-c4ccccc4)cccc32)c1. The summed E-state index contributed by atoms with van der Waals surface area (Å²) in [6.07, 6.45) is 0. The van der Waals surface area contributed by atoms with Crippen LogP contribution < -0.4 is 0 Å². The van der Waals surface area contributed by atoms with Crippen LogP contribution in [0.25, 0.3) is 33.4 Å². The maximum Gasteiger partial charge on any atom is 0.0719 e. The Kier molecular flexibility index (Phi) is 5.50. The van der Waals surface area contributed by atoms with E-state index in [0.29, 0.717) is 0 Å². The molecule has 38 heavy (non-hydrogen) atoms. The van der Waals surface area contributed by atoms with Crippen molar-refractivity contribution in [3.8, 4) is 33.4 Å². The molecule has 0 amide bonds. The average molecular weight is 505 g/mol. The number of benzene rings is 6. The Hall–Kier alpha value is -4.39. The summed E-state index contributed by atoms with van der Waals surface area (Å²) in [5.74, 6) is 0. The third-order valence-electron chi connectivity index (χ3n) is 7.83. The molecule has 0 aromatic heterocycles. The molecule has 0 saturated carbocycles. The largest absolute Gasteiger partial charge is 0.0843 e. The van der Waals surface area contributed by atoms with E-state index in [1.807, 2.05) is 12.1 Å². The minimum absolute atomic E-state index is 0.489. The van der Waals surface area contributed by atoms with E-state index >= 15 is 0 Å². The lowest BCUT2D eigenvalue weighted by Crippen LogP contribution is -2.29. The average Bonchev–Trinajstić information content (AvgIpc) is 3.29. The molecule has 7 rings (SSSR count). The number of rotatable bonds is 4. The number of hydrogen-bond acceptors (Lipinski definition) is 0. The van der Waals surface area contributed by atoms with Gasteiger partial charge in [0.15, 0.2) is 0 Å². The molecule has 180 valence electrons. The van der Waals surface area contributed by atoms with E-state index in [-0.39, 0.29) is 0 Å². The fourth-order valence-electron chi connectivity index (χ4n) is 6.35. The topological polar surface area (TPSA) is 0 Å². The maximum absolute atomic E-state index is 6.51. The van der Waals surface area contributed by atoms with Crippen molar-refractivity contribution >= 4 is 11.6 Å². The van der Waals surface area contributed by atoms with Crippen molar-refractivity contribution in [2.24, 2.45) is 0 Å². The van der Waals surface area contributed by atoms with Gasteiger partial charge in [0.25, 0.3) is 0 Å². The van der Waals surface area contributed by atoms with E-state index in [1.165, 1.54) is 50.1 Å². The van der Waals surface area contributed by atoms with Crippen molar-refractivity contribution < 1.29 is 0 Å². The van der Waals surface area contributed by atoms with E-state index < -0.39 is 5.41 Å². The van der Waals surface area contributed by atoms with Crippen molar-refractivity contribution in [1.29, 1.82) is 0 Å². The lowest BCUT2D eigenvalue weighted by Gasteiger charge is -2.35. The van der Waals surface area contributed by atoms with Gasteiger partial charge in [0.1, 0.15) is 0 Å². The summed E-state index contributed by atoms with van der Waals surface area (Å²) < 4.78 is 0. The zero-order valence-corrected chi connectivity index (χ0v) is 21.6. The van der Waals surface area contributed by atoms with Gasteiger partial charge in [0, 0.05) is 5.02 Å². The zero-order valence-electron chi connectivity index (χ0n) is 20.8. The second-order valence-corrected chi connectivity index (χ2v) is 10.2. The molecule has 0 heterocycles. The van der Waals surface area contributed by atoms with Crippen LogP contribution in [0.15, 0.2) is 152 Å². The van der Waals surface area contributed by atoms with Gasteiger partial charge in [-0.25, -0.2) is 0 Å². The number of hydrogen-bond donors (Lipinski definition) is 0. The van der Waals surface area contributed by atoms with Gasteiger partial charge in [-0.1, -0.05) is 151 Å². The third kappa shape index (κ3) is 3.38. The summed E-state index contributed by atoms with van der Waals surface area (Å²) in [6.45, 7) is 0. The van der Waals surface area contributed by atoms with Crippen LogP contribution >= 0.6 is 11.6 Å². The summed E-state index contributed by atoms with van der Waals surface area (Å²) in [6, 6.07) is 54.4. The normalized spacial score (nSPS) is 15.6. The summed E-state index contributed by atoms with van der Waals surface area (Å²) in [5, 5.41) is 0.740. The highest BCUT2D eigenvalue weighted by molar-refractivity contribution is 6.30. The minimum Gasteiger partial charge on any atom is -0.0843 e. The summed E-state index contributed by atoms with van der Waals surface area (Å²) in [4.78, 5) is 0. The molecule has 1 atom stereocenters. The van der Waals surface area contributed by atoms with Gasteiger partial charge < -0.3 is 0 Å². The summed E-state index contributed by atoms with van der Waals surface area (Å²) in [5.41, 5.74) is 12.0. The van der Waals surface area contributed by atoms with Crippen molar-refractivity contribution in [2.45, 2.75) is 5.41 Å². The molecule has 6 aromatic rings. The Morgan fingerprint density at radius 3 is 1.66 bits per heavy atom. The fraction of sp³-hybridized carbons (Fsp3) is 0.0270. The molecule has 0 aliphatic heterocycles. The van der Waals surface area contributed by atoms with Crippen LogP contribution in [0.5, 0.6) is 0 Å². The number of halogens is 1. The van der Waals surface area contributed by atoms with Gasteiger partial charge in [-0.3, -0.25) is 0 Å². The molecular formula is C37H25Cl. The van der Waals surface area contributed by atoms with E-state index in [9.17, 15) is 0 Å². The second-order valence-electron chi connectivity index (χ2n) is 9.81. The van der Waals surface area contributed by atoms with Crippen molar-refractivity contribution in [1.82, 2.24) is 0 Å². The van der Waals surface area contributed by atoms with Crippen LogP contribution in [0.2, 0.25) is 5.02 Å². The first-order valence-electron chi connectivity index (χ1n) is 13.0. The van der Waals surface area contributed by atoms with Gasteiger partial charge in [-0.15, -0.1) is 0 Å². The maximum atomic E-state index is 6.51. The third-order valence-corrected chi connectivity index (χ3v) is 8.06. The molecule has 0 radical (unpaired) electrons. The molecule has 0 spiro atoms. The van der Waals surface area contributed by atoms with E-state index in [2.05, 4.69) is 140 Å². The highest BCUT2D eigenvalue weighted by atomic mass is 35.5. The molecule has 1 aliphatic rings. The van der Waals surface area contributed by atoms with Gasteiger partial charge in [-0.05, 0) is 67.8 Å². The Labute approximate surface area is 228 Å². The predicted octanol–water partition coefficient (Wildman–Crippen LogP) is 10.0. The molecule has 1 heteroatoms. The Morgan fingerprint density at radius 2 is 0.921 bits per heavy atom. The van der Waals surface area contributed by atoms with Gasteiger partial charge in [-0.2, -0.15) is 0 Å². The quantitative estimate of drug-likeness (QED) is 0.223. The van der Waals surface area contributed by atoms with Gasteiger partial charge >= 0.3 is 0 Å².